The van der Waals surface area contributed by atoms with Gasteiger partial charge in [-0.15, -0.1) is 0 Å². The van der Waals surface area contributed by atoms with E-state index in [0.29, 0.717) is 6.04 Å². The molecule has 4 heteroatoms. The molecular weight excluding hydrogens is 240 g/mol. The normalized spacial score (nSPS) is 17.5. The second-order valence-electron chi connectivity index (χ2n) is 5.39. The first-order valence-corrected chi connectivity index (χ1v) is 7.19. The number of benzene rings is 1. The molecule has 0 unspecified atom stereocenters. The van der Waals surface area contributed by atoms with Gasteiger partial charge in [0.25, 0.3) is 5.69 Å². The van der Waals surface area contributed by atoms with E-state index in [1.165, 1.54) is 44.9 Å². The van der Waals surface area contributed by atoms with Crippen molar-refractivity contribution in [2.45, 2.75) is 57.9 Å². The molecular formula is C15H22N2O2. The van der Waals surface area contributed by atoms with E-state index in [9.17, 15) is 10.1 Å². The summed E-state index contributed by atoms with van der Waals surface area (Å²) in [5.41, 5.74) is 1.87. The molecule has 1 aliphatic rings. The Balaban J connectivity index is 2.09. The van der Waals surface area contributed by atoms with Crippen LogP contribution in [0.3, 0.4) is 0 Å². The lowest BCUT2D eigenvalue weighted by atomic mass is 9.96. The van der Waals surface area contributed by atoms with E-state index in [2.05, 4.69) is 5.32 Å². The lowest BCUT2D eigenvalue weighted by Crippen LogP contribution is -2.21. The molecule has 0 aromatic heterocycles. The highest BCUT2D eigenvalue weighted by Gasteiger charge is 2.16. The minimum absolute atomic E-state index is 0.204. The van der Waals surface area contributed by atoms with Crippen LogP contribution < -0.4 is 5.32 Å². The first-order chi connectivity index (χ1) is 9.18. The Morgan fingerprint density at radius 2 is 1.79 bits per heavy atom. The van der Waals surface area contributed by atoms with Crippen LogP contribution in [0.25, 0.3) is 0 Å². The maximum absolute atomic E-state index is 10.9. The van der Waals surface area contributed by atoms with Crippen LogP contribution in [0.1, 0.15) is 50.5 Å². The summed E-state index contributed by atoms with van der Waals surface area (Å²) in [6.45, 7) is 1.82. The molecule has 1 N–H and O–H groups in total. The zero-order chi connectivity index (χ0) is 13.7. The summed E-state index contributed by atoms with van der Waals surface area (Å²) in [7, 11) is 0. The summed E-state index contributed by atoms with van der Waals surface area (Å²) in [4.78, 5) is 10.6. The molecule has 1 aromatic rings. The van der Waals surface area contributed by atoms with E-state index in [1.807, 2.05) is 13.0 Å². The third-order valence-corrected chi connectivity index (χ3v) is 3.97. The van der Waals surface area contributed by atoms with Crippen LogP contribution in [-0.2, 0) is 0 Å². The van der Waals surface area contributed by atoms with E-state index < -0.39 is 0 Å². The van der Waals surface area contributed by atoms with Gasteiger partial charge in [0.1, 0.15) is 0 Å². The van der Waals surface area contributed by atoms with E-state index in [1.54, 1.807) is 12.1 Å². The van der Waals surface area contributed by atoms with Crippen LogP contribution in [0.5, 0.6) is 0 Å². The Labute approximate surface area is 114 Å². The molecule has 0 heterocycles. The number of hydrogen-bond donors (Lipinski definition) is 1. The van der Waals surface area contributed by atoms with Gasteiger partial charge in [-0.3, -0.25) is 10.1 Å². The average molecular weight is 262 g/mol. The summed E-state index contributed by atoms with van der Waals surface area (Å²) in [5, 5.41) is 14.5. The molecule has 104 valence electrons. The van der Waals surface area contributed by atoms with Crippen LogP contribution in [0.2, 0.25) is 0 Å². The van der Waals surface area contributed by atoms with Gasteiger partial charge in [-0.25, -0.2) is 0 Å². The molecule has 19 heavy (non-hydrogen) atoms. The fourth-order valence-electron chi connectivity index (χ4n) is 2.80. The lowest BCUT2D eigenvalue weighted by Gasteiger charge is -2.23. The largest absolute Gasteiger partial charge is 0.382 e. The summed E-state index contributed by atoms with van der Waals surface area (Å²) in [6, 6.07) is 5.73. The van der Waals surface area contributed by atoms with Gasteiger partial charge < -0.3 is 5.32 Å². The third kappa shape index (κ3) is 3.69. The van der Waals surface area contributed by atoms with Gasteiger partial charge in [-0.2, -0.15) is 0 Å². The molecule has 1 fully saturated rings. The predicted octanol–water partition coefficient (Wildman–Crippen LogP) is 4.43. The molecule has 4 nitrogen and oxygen atoms in total. The second-order valence-corrected chi connectivity index (χ2v) is 5.39. The fraction of sp³-hybridized carbons (Fsp3) is 0.600. The molecule has 1 aromatic carbocycles. The van der Waals surface area contributed by atoms with E-state index in [4.69, 9.17) is 0 Å². The first-order valence-electron chi connectivity index (χ1n) is 7.19. The molecule has 0 radical (unpaired) electrons. The monoisotopic (exact) mass is 262 g/mol. The molecule has 1 aliphatic carbocycles. The SMILES string of the molecule is Cc1c(NC2CCCCCCC2)cccc1[N+](=O)[O-]. The minimum atomic E-state index is -0.307. The van der Waals surface area contributed by atoms with Crippen molar-refractivity contribution in [3.05, 3.63) is 33.9 Å². The number of nitrogens with one attached hydrogen (secondary N) is 1. The fourth-order valence-corrected chi connectivity index (χ4v) is 2.80. The van der Waals surface area contributed by atoms with Crippen molar-refractivity contribution in [1.29, 1.82) is 0 Å². The predicted molar refractivity (Wildman–Crippen MR) is 77.6 cm³/mol. The number of nitro benzene ring substituents is 1. The average Bonchev–Trinajstić information content (AvgIpc) is 2.34. The van der Waals surface area contributed by atoms with Crippen molar-refractivity contribution < 1.29 is 4.92 Å². The van der Waals surface area contributed by atoms with E-state index in [-0.39, 0.29) is 10.6 Å². The summed E-state index contributed by atoms with van der Waals surface area (Å²) in [6.07, 6.45) is 8.82. The van der Waals surface area contributed by atoms with E-state index >= 15 is 0 Å². The maximum atomic E-state index is 10.9. The lowest BCUT2D eigenvalue weighted by molar-refractivity contribution is -0.385. The highest BCUT2D eigenvalue weighted by molar-refractivity contribution is 5.60. The van der Waals surface area contributed by atoms with Crippen molar-refractivity contribution in [2.75, 3.05) is 5.32 Å². The Morgan fingerprint density at radius 1 is 1.16 bits per heavy atom. The van der Waals surface area contributed by atoms with Gasteiger partial charge >= 0.3 is 0 Å². The van der Waals surface area contributed by atoms with Crippen LogP contribution in [0.4, 0.5) is 11.4 Å². The minimum Gasteiger partial charge on any atom is -0.382 e. The number of anilines is 1. The third-order valence-electron chi connectivity index (χ3n) is 3.97. The molecule has 2 rings (SSSR count). The summed E-state index contributed by atoms with van der Waals surface area (Å²) < 4.78 is 0. The van der Waals surface area contributed by atoms with Gasteiger partial charge in [0.2, 0.25) is 0 Å². The number of nitro groups is 1. The highest BCUT2D eigenvalue weighted by Crippen LogP contribution is 2.27. The van der Waals surface area contributed by atoms with Crippen LogP contribution >= 0.6 is 0 Å². The topological polar surface area (TPSA) is 55.2 Å². The number of hydrogen-bond acceptors (Lipinski definition) is 3. The number of nitrogens with zero attached hydrogens (tertiary/aromatic N) is 1. The van der Waals surface area contributed by atoms with Gasteiger partial charge in [-0.1, -0.05) is 38.2 Å². The second kappa shape index (κ2) is 6.55. The molecule has 0 atom stereocenters. The molecule has 0 amide bonds. The van der Waals surface area contributed by atoms with Gasteiger partial charge in [0.05, 0.1) is 4.92 Å². The van der Waals surface area contributed by atoms with Crippen molar-refractivity contribution in [3.8, 4) is 0 Å². The molecule has 0 saturated heterocycles. The molecule has 0 spiro atoms. The van der Waals surface area contributed by atoms with Crippen molar-refractivity contribution in [1.82, 2.24) is 0 Å². The van der Waals surface area contributed by atoms with Gasteiger partial charge in [0.15, 0.2) is 0 Å². The first kappa shape index (κ1) is 13.8. The zero-order valence-corrected chi connectivity index (χ0v) is 11.5. The Morgan fingerprint density at radius 3 is 2.42 bits per heavy atom. The standard InChI is InChI=1S/C15H22N2O2/c1-12-14(10-7-11-15(12)17(18)19)16-13-8-5-3-2-4-6-9-13/h7,10-11,13,16H,2-6,8-9H2,1H3. The smallest absolute Gasteiger partial charge is 0.274 e. The van der Waals surface area contributed by atoms with Crippen molar-refractivity contribution in [2.24, 2.45) is 0 Å². The van der Waals surface area contributed by atoms with Crippen LogP contribution in [0.15, 0.2) is 18.2 Å². The van der Waals surface area contributed by atoms with Crippen molar-refractivity contribution in [3.63, 3.8) is 0 Å². The van der Waals surface area contributed by atoms with Gasteiger partial charge in [0, 0.05) is 23.4 Å². The zero-order valence-electron chi connectivity index (χ0n) is 11.5. The Hall–Kier alpha value is -1.58. The molecule has 0 aliphatic heterocycles. The summed E-state index contributed by atoms with van der Waals surface area (Å²) in [5.74, 6) is 0. The number of rotatable bonds is 3. The molecule has 0 bridgehead atoms. The van der Waals surface area contributed by atoms with Crippen LogP contribution in [0, 0.1) is 17.0 Å². The van der Waals surface area contributed by atoms with Gasteiger partial charge in [-0.05, 0) is 25.8 Å². The van der Waals surface area contributed by atoms with Crippen LogP contribution in [-0.4, -0.2) is 11.0 Å². The van der Waals surface area contributed by atoms with E-state index in [0.717, 1.165) is 11.3 Å². The Bertz CT molecular complexity index is 438. The quantitative estimate of drug-likeness (QED) is 0.647. The maximum Gasteiger partial charge on any atom is 0.274 e. The molecule has 1 saturated carbocycles. The summed E-state index contributed by atoms with van der Waals surface area (Å²) >= 11 is 0. The highest BCUT2D eigenvalue weighted by atomic mass is 16.6. The Kier molecular flexibility index (Phi) is 4.77. The van der Waals surface area contributed by atoms with Crippen molar-refractivity contribution >= 4 is 11.4 Å².